The Morgan fingerprint density at radius 1 is 1.03 bits per heavy atom. The zero-order chi connectivity index (χ0) is 20.9. The number of hydrogen-bond acceptors (Lipinski definition) is 4. The van der Waals surface area contributed by atoms with Gasteiger partial charge in [-0.15, -0.1) is 0 Å². The first kappa shape index (κ1) is 20.9. The lowest BCUT2D eigenvalue weighted by atomic mass is 10.1. The van der Waals surface area contributed by atoms with Crippen molar-refractivity contribution < 1.29 is 14.3 Å². The molecule has 1 unspecified atom stereocenters. The van der Waals surface area contributed by atoms with Gasteiger partial charge in [0.2, 0.25) is 0 Å². The second kappa shape index (κ2) is 9.62. The normalized spacial score (nSPS) is 18.4. The Labute approximate surface area is 185 Å². The van der Waals surface area contributed by atoms with Gasteiger partial charge in [0.1, 0.15) is 0 Å². The van der Waals surface area contributed by atoms with Crippen molar-refractivity contribution in [3.63, 3.8) is 0 Å². The van der Waals surface area contributed by atoms with Gasteiger partial charge in [-0.3, -0.25) is 9.59 Å². The molecule has 0 aliphatic carbocycles. The van der Waals surface area contributed by atoms with Crippen molar-refractivity contribution in [2.45, 2.75) is 31.8 Å². The highest BCUT2D eigenvalue weighted by atomic mass is 79.9. The summed E-state index contributed by atoms with van der Waals surface area (Å²) in [6.45, 7) is 3.15. The van der Waals surface area contributed by atoms with E-state index in [1.807, 2.05) is 24.3 Å². The van der Waals surface area contributed by atoms with Crippen LogP contribution in [0.4, 0.5) is 11.4 Å². The Kier molecular flexibility index (Phi) is 6.69. The number of ether oxygens (including phenoxy) is 1. The smallest absolute Gasteiger partial charge is 0.255 e. The Bertz CT molecular complexity index is 904. The van der Waals surface area contributed by atoms with E-state index < -0.39 is 0 Å². The summed E-state index contributed by atoms with van der Waals surface area (Å²) in [5, 5.41) is 5.93. The van der Waals surface area contributed by atoms with Crippen molar-refractivity contribution in [3.8, 4) is 0 Å². The van der Waals surface area contributed by atoms with Gasteiger partial charge < -0.3 is 20.3 Å². The Morgan fingerprint density at radius 2 is 1.80 bits per heavy atom. The summed E-state index contributed by atoms with van der Waals surface area (Å²) in [6.07, 6.45) is 4.35. The van der Waals surface area contributed by atoms with E-state index in [2.05, 4.69) is 31.5 Å². The minimum absolute atomic E-state index is 0.0875. The lowest BCUT2D eigenvalue weighted by Gasteiger charge is -2.22. The number of carbonyl (C=O) groups is 2. The third kappa shape index (κ3) is 5.02. The van der Waals surface area contributed by atoms with Gasteiger partial charge in [-0.25, -0.2) is 0 Å². The average molecular weight is 472 g/mol. The van der Waals surface area contributed by atoms with Gasteiger partial charge in [-0.05, 0) is 68.1 Å². The molecule has 0 aromatic heterocycles. The van der Waals surface area contributed by atoms with Crippen LogP contribution in [0, 0.1) is 0 Å². The summed E-state index contributed by atoms with van der Waals surface area (Å²) in [5.41, 5.74) is 2.67. The fraction of sp³-hybridized carbons (Fsp3) is 0.391. The summed E-state index contributed by atoms with van der Waals surface area (Å²) in [6, 6.07) is 12.7. The van der Waals surface area contributed by atoms with Crippen LogP contribution in [-0.4, -0.2) is 44.2 Å². The maximum Gasteiger partial charge on any atom is 0.255 e. The molecule has 7 heteroatoms. The first-order chi connectivity index (χ1) is 14.6. The zero-order valence-corrected chi connectivity index (χ0v) is 18.4. The van der Waals surface area contributed by atoms with Gasteiger partial charge in [0.25, 0.3) is 11.8 Å². The summed E-state index contributed by atoms with van der Waals surface area (Å²) in [7, 11) is 0. The molecular formula is C23H26BrN3O3. The molecule has 2 aliphatic heterocycles. The summed E-state index contributed by atoms with van der Waals surface area (Å²) < 4.78 is 6.53. The van der Waals surface area contributed by atoms with E-state index in [0.717, 1.165) is 55.5 Å². The van der Waals surface area contributed by atoms with E-state index in [0.29, 0.717) is 23.4 Å². The Balaban J connectivity index is 1.52. The van der Waals surface area contributed by atoms with Gasteiger partial charge >= 0.3 is 0 Å². The highest BCUT2D eigenvalue weighted by Gasteiger charge is 2.22. The standard InChI is InChI=1S/C23H26BrN3O3/c24-17-7-5-16(6-8-17)22(28)26-18-9-10-21(27-11-1-2-12-27)20(14-18)23(29)25-15-19-4-3-13-30-19/h5-10,14,19H,1-4,11-13,15H2,(H,25,29)(H,26,28). The number of carbonyl (C=O) groups excluding carboxylic acids is 2. The number of benzene rings is 2. The van der Waals surface area contributed by atoms with Crippen molar-refractivity contribution in [1.82, 2.24) is 5.32 Å². The molecule has 2 amide bonds. The second-order valence-electron chi connectivity index (χ2n) is 7.73. The highest BCUT2D eigenvalue weighted by molar-refractivity contribution is 9.10. The maximum absolute atomic E-state index is 13.0. The molecule has 158 valence electrons. The van der Waals surface area contributed by atoms with Crippen LogP contribution in [0.25, 0.3) is 0 Å². The molecule has 2 N–H and O–H groups in total. The molecule has 2 aromatic carbocycles. The fourth-order valence-electron chi connectivity index (χ4n) is 3.94. The van der Waals surface area contributed by atoms with Crippen LogP contribution >= 0.6 is 15.9 Å². The van der Waals surface area contributed by atoms with Gasteiger partial charge in [0.05, 0.1) is 11.7 Å². The van der Waals surface area contributed by atoms with Crippen LogP contribution in [0.3, 0.4) is 0 Å². The lowest BCUT2D eigenvalue weighted by Crippen LogP contribution is -2.33. The number of nitrogens with one attached hydrogen (secondary N) is 2. The molecule has 2 fully saturated rings. The lowest BCUT2D eigenvalue weighted by molar-refractivity contribution is 0.0858. The van der Waals surface area contributed by atoms with Gasteiger partial charge in [0.15, 0.2) is 0 Å². The first-order valence-electron chi connectivity index (χ1n) is 10.5. The summed E-state index contributed by atoms with van der Waals surface area (Å²) in [4.78, 5) is 27.8. The van der Waals surface area contributed by atoms with E-state index in [4.69, 9.17) is 4.74 Å². The molecule has 1 atom stereocenters. The van der Waals surface area contributed by atoms with Gasteiger partial charge in [0, 0.05) is 47.7 Å². The van der Waals surface area contributed by atoms with E-state index in [1.54, 1.807) is 18.2 Å². The molecule has 2 aliphatic rings. The van der Waals surface area contributed by atoms with Crippen LogP contribution in [0.2, 0.25) is 0 Å². The third-order valence-electron chi connectivity index (χ3n) is 5.57. The van der Waals surface area contributed by atoms with Gasteiger partial charge in [-0.2, -0.15) is 0 Å². The number of anilines is 2. The second-order valence-corrected chi connectivity index (χ2v) is 8.65. The average Bonchev–Trinajstić information content (AvgIpc) is 3.46. The molecule has 0 saturated carbocycles. The van der Waals surface area contributed by atoms with E-state index >= 15 is 0 Å². The van der Waals surface area contributed by atoms with Crippen molar-refractivity contribution >= 4 is 39.1 Å². The molecule has 0 bridgehead atoms. The van der Waals surface area contributed by atoms with Crippen molar-refractivity contribution in [2.24, 2.45) is 0 Å². The van der Waals surface area contributed by atoms with Crippen molar-refractivity contribution in [1.29, 1.82) is 0 Å². The Hall–Kier alpha value is -2.38. The Morgan fingerprint density at radius 3 is 2.50 bits per heavy atom. The topological polar surface area (TPSA) is 70.7 Å². The summed E-state index contributed by atoms with van der Waals surface area (Å²) in [5.74, 6) is -0.339. The largest absolute Gasteiger partial charge is 0.376 e. The predicted molar refractivity (Wildman–Crippen MR) is 121 cm³/mol. The maximum atomic E-state index is 13.0. The zero-order valence-electron chi connectivity index (χ0n) is 16.8. The number of rotatable bonds is 6. The number of hydrogen-bond donors (Lipinski definition) is 2. The molecule has 0 radical (unpaired) electrons. The number of nitrogens with zero attached hydrogens (tertiary/aromatic N) is 1. The minimum atomic E-state index is -0.206. The third-order valence-corrected chi connectivity index (χ3v) is 6.10. The first-order valence-corrected chi connectivity index (χ1v) is 11.3. The number of halogens is 1. The van der Waals surface area contributed by atoms with Crippen LogP contribution < -0.4 is 15.5 Å². The highest BCUT2D eigenvalue weighted by Crippen LogP contribution is 2.28. The van der Waals surface area contributed by atoms with E-state index in [-0.39, 0.29) is 17.9 Å². The summed E-state index contributed by atoms with van der Waals surface area (Å²) >= 11 is 3.38. The van der Waals surface area contributed by atoms with Gasteiger partial charge in [-0.1, -0.05) is 15.9 Å². The van der Waals surface area contributed by atoms with Crippen molar-refractivity contribution in [2.75, 3.05) is 36.5 Å². The van der Waals surface area contributed by atoms with E-state index in [1.165, 1.54) is 0 Å². The van der Waals surface area contributed by atoms with Crippen LogP contribution in [-0.2, 0) is 4.74 Å². The van der Waals surface area contributed by atoms with E-state index in [9.17, 15) is 9.59 Å². The quantitative estimate of drug-likeness (QED) is 0.661. The molecule has 2 heterocycles. The van der Waals surface area contributed by atoms with Crippen LogP contribution in [0.1, 0.15) is 46.4 Å². The van der Waals surface area contributed by atoms with Crippen molar-refractivity contribution in [3.05, 3.63) is 58.1 Å². The number of amides is 2. The molecule has 6 nitrogen and oxygen atoms in total. The molecule has 30 heavy (non-hydrogen) atoms. The molecular weight excluding hydrogens is 446 g/mol. The predicted octanol–water partition coefficient (Wildman–Crippen LogP) is 4.21. The molecule has 0 spiro atoms. The molecule has 2 saturated heterocycles. The monoisotopic (exact) mass is 471 g/mol. The molecule has 4 rings (SSSR count). The SMILES string of the molecule is O=C(Nc1ccc(N2CCCC2)c(C(=O)NCC2CCCO2)c1)c1ccc(Br)cc1. The van der Waals surface area contributed by atoms with Crippen LogP contribution in [0.15, 0.2) is 46.9 Å². The van der Waals surface area contributed by atoms with Crippen LogP contribution in [0.5, 0.6) is 0 Å². The fourth-order valence-corrected chi connectivity index (χ4v) is 4.21. The molecule has 2 aromatic rings. The minimum Gasteiger partial charge on any atom is -0.376 e.